The number of anilines is 6. The number of hydrogen-bond donors (Lipinski definition) is 0. The molecule has 0 amide bonds. The van der Waals surface area contributed by atoms with Crippen LogP contribution in [0.25, 0.3) is 109 Å². The first-order valence-electron chi connectivity index (χ1n) is 23.0. The Morgan fingerprint density at radius 3 is 1.30 bits per heavy atom. The largest absolute Gasteiger partial charge is 0.456 e. The van der Waals surface area contributed by atoms with E-state index in [4.69, 9.17) is 28.4 Å². The SMILES string of the molecule is c1ccc2c(c1)cc(N(c1ccc3c(c1)oc1ccccc13)c1cc3oc4nc(N(c5ccc6c(c5)oc5ccccc56)c5cc6ccccc6c6ccccc56)ccc4c3nn1)c1ccccc12. The Labute approximate surface area is 392 Å². The van der Waals surface area contributed by atoms with E-state index >= 15 is 0 Å². The second kappa shape index (κ2) is 14.5. The van der Waals surface area contributed by atoms with Crippen molar-refractivity contribution in [2.75, 3.05) is 9.80 Å². The fourth-order valence-electron chi connectivity index (χ4n) is 10.6. The number of nitrogens with zero attached hydrogens (tertiary/aromatic N) is 5. The number of pyridine rings is 1. The average molecular weight is 886 g/mol. The van der Waals surface area contributed by atoms with Crippen LogP contribution in [0.4, 0.5) is 34.4 Å². The molecule has 0 bridgehead atoms. The van der Waals surface area contributed by atoms with Gasteiger partial charge in [-0.15, -0.1) is 10.2 Å². The highest BCUT2D eigenvalue weighted by Gasteiger charge is 2.25. The van der Waals surface area contributed by atoms with Crippen LogP contribution in [0.1, 0.15) is 0 Å². The zero-order valence-corrected chi connectivity index (χ0v) is 36.7. The molecule has 10 aromatic carbocycles. The number of benzene rings is 10. The number of rotatable bonds is 6. The molecule has 69 heavy (non-hydrogen) atoms. The van der Waals surface area contributed by atoms with Crippen LogP contribution < -0.4 is 9.80 Å². The molecule has 5 aromatic heterocycles. The molecule has 0 aliphatic carbocycles. The summed E-state index contributed by atoms with van der Waals surface area (Å²) >= 11 is 0. The summed E-state index contributed by atoms with van der Waals surface area (Å²) in [7, 11) is 0. The summed E-state index contributed by atoms with van der Waals surface area (Å²) in [6.45, 7) is 0. The third-order valence-corrected chi connectivity index (χ3v) is 13.7. The van der Waals surface area contributed by atoms with E-state index in [1.54, 1.807) is 0 Å². The molecule has 15 aromatic rings. The summed E-state index contributed by atoms with van der Waals surface area (Å²) in [5, 5.41) is 24.0. The third-order valence-electron chi connectivity index (χ3n) is 13.7. The maximum Gasteiger partial charge on any atom is 0.231 e. The maximum atomic E-state index is 6.81. The molecule has 0 saturated carbocycles. The molecule has 8 nitrogen and oxygen atoms in total. The van der Waals surface area contributed by atoms with Gasteiger partial charge in [0.2, 0.25) is 5.71 Å². The first-order chi connectivity index (χ1) is 34.2. The lowest BCUT2D eigenvalue weighted by atomic mass is 9.99. The number of aromatic nitrogens is 3. The van der Waals surface area contributed by atoms with Gasteiger partial charge in [-0.1, -0.05) is 133 Å². The van der Waals surface area contributed by atoms with Gasteiger partial charge in [-0.05, 0) is 93.0 Å². The van der Waals surface area contributed by atoms with Gasteiger partial charge >= 0.3 is 0 Å². The van der Waals surface area contributed by atoms with Crippen LogP contribution in [0.2, 0.25) is 0 Å². The minimum Gasteiger partial charge on any atom is -0.456 e. The molecule has 0 fully saturated rings. The van der Waals surface area contributed by atoms with Gasteiger partial charge in [-0.2, -0.15) is 4.98 Å². The number of fused-ring (bicyclic) bond motifs is 15. The summed E-state index contributed by atoms with van der Waals surface area (Å²) in [4.78, 5) is 9.68. The molecule has 0 aliphatic heterocycles. The van der Waals surface area contributed by atoms with Crippen LogP contribution in [0, 0.1) is 0 Å². The molecule has 0 saturated heterocycles. The van der Waals surface area contributed by atoms with Gasteiger partial charge < -0.3 is 13.3 Å². The molecule has 15 rings (SSSR count). The van der Waals surface area contributed by atoms with E-state index in [2.05, 4.69) is 168 Å². The van der Waals surface area contributed by atoms with E-state index in [0.717, 1.165) is 104 Å². The minimum absolute atomic E-state index is 0.445. The quantitative estimate of drug-likeness (QED) is 0.153. The molecule has 0 aliphatic rings. The fourth-order valence-corrected chi connectivity index (χ4v) is 10.6. The summed E-state index contributed by atoms with van der Waals surface area (Å²) in [5.41, 5.74) is 8.57. The van der Waals surface area contributed by atoms with Crippen molar-refractivity contribution in [3.8, 4) is 0 Å². The Morgan fingerprint density at radius 2 is 0.739 bits per heavy atom. The van der Waals surface area contributed by atoms with Gasteiger partial charge in [0.15, 0.2) is 11.4 Å². The lowest BCUT2D eigenvalue weighted by molar-refractivity contribution is 0.652. The summed E-state index contributed by atoms with van der Waals surface area (Å²) < 4.78 is 19.7. The van der Waals surface area contributed by atoms with E-state index in [9.17, 15) is 0 Å². The number of hydrogen-bond acceptors (Lipinski definition) is 8. The molecular formula is C61H35N5O3. The van der Waals surface area contributed by atoms with Crippen LogP contribution in [0.15, 0.2) is 226 Å². The van der Waals surface area contributed by atoms with Crippen molar-refractivity contribution in [3.63, 3.8) is 0 Å². The summed E-state index contributed by atoms with van der Waals surface area (Å²) in [6, 6.07) is 73.6. The number of para-hydroxylation sites is 2. The Morgan fingerprint density at radius 1 is 0.290 bits per heavy atom. The van der Waals surface area contributed by atoms with Gasteiger partial charge in [-0.3, -0.25) is 9.80 Å². The van der Waals surface area contributed by atoms with Crippen molar-refractivity contribution in [3.05, 3.63) is 212 Å². The van der Waals surface area contributed by atoms with Gasteiger partial charge in [0.1, 0.15) is 33.7 Å². The smallest absolute Gasteiger partial charge is 0.231 e. The second-order valence-electron chi connectivity index (χ2n) is 17.6. The molecule has 0 unspecified atom stereocenters. The molecule has 0 atom stereocenters. The fraction of sp³-hybridized carbons (Fsp3) is 0. The molecule has 0 spiro atoms. The highest BCUT2D eigenvalue weighted by Crippen LogP contribution is 2.46. The first kappa shape index (κ1) is 37.7. The van der Waals surface area contributed by atoms with Gasteiger partial charge in [0.25, 0.3) is 0 Å². The summed E-state index contributed by atoms with van der Waals surface area (Å²) in [6.07, 6.45) is 0. The summed E-state index contributed by atoms with van der Waals surface area (Å²) in [5.74, 6) is 1.26. The van der Waals surface area contributed by atoms with Crippen LogP contribution >= 0.6 is 0 Å². The predicted octanol–water partition coefficient (Wildman–Crippen LogP) is 17.1. The predicted molar refractivity (Wildman–Crippen MR) is 281 cm³/mol. The Kier molecular flexibility index (Phi) is 7.91. The normalized spacial score (nSPS) is 12.1. The lowest BCUT2D eigenvalue weighted by Crippen LogP contribution is -2.13. The van der Waals surface area contributed by atoms with Crippen LogP contribution in [0.5, 0.6) is 0 Å². The Balaban J connectivity index is 0.933. The Bertz CT molecular complexity index is 4320. The molecule has 8 heteroatoms. The zero-order valence-electron chi connectivity index (χ0n) is 36.7. The monoisotopic (exact) mass is 885 g/mol. The maximum absolute atomic E-state index is 6.81. The van der Waals surface area contributed by atoms with Crippen molar-refractivity contribution < 1.29 is 13.3 Å². The highest BCUT2D eigenvalue weighted by atomic mass is 16.3. The molecule has 0 radical (unpaired) electrons. The van der Waals surface area contributed by atoms with Gasteiger partial charge in [-0.25, -0.2) is 0 Å². The molecule has 5 heterocycles. The van der Waals surface area contributed by atoms with E-state index in [1.165, 1.54) is 10.8 Å². The Hall–Kier alpha value is -9.53. The van der Waals surface area contributed by atoms with E-state index < -0.39 is 0 Å². The molecule has 0 N–H and O–H groups in total. The van der Waals surface area contributed by atoms with Crippen LogP contribution in [-0.4, -0.2) is 15.2 Å². The lowest BCUT2D eigenvalue weighted by Gasteiger charge is -2.26. The minimum atomic E-state index is 0.445. The van der Waals surface area contributed by atoms with Gasteiger partial charge in [0, 0.05) is 50.5 Å². The average Bonchev–Trinajstić information content (AvgIpc) is 4.09. The molecule has 322 valence electrons. The van der Waals surface area contributed by atoms with Gasteiger partial charge in [0.05, 0.1) is 28.1 Å². The van der Waals surface area contributed by atoms with E-state index in [1.807, 2.05) is 54.6 Å². The third kappa shape index (κ3) is 5.72. The van der Waals surface area contributed by atoms with Crippen LogP contribution in [-0.2, 0) is 0 Å². The van der Waals surface area contributed by atoms with Crippen molar-refractivity contribution in [2.45, 2.75) is 0 Å². The van der Waals surface area contributed by atoms with Crippen molar-refractivity contribution in [1.82, 2.24) is 15.2 Å². The van der Waals surface area contributed by atoms with E-state index in [0.29, 0.717) is 28.4 Å². The van der Waals surface area contributed by atoms with Crippen molar-refractivity contribution in [1.29, 1.82) is 0 Å². The zero-order chi connectivity index (χ0) is 45.2. The van der Waals surface area contributed by atoms with Crippen molar-refractivity contribution >= 4 is 144 Å². The second-order valence-corrected chi connectivity index (χ2v) is 17.6. The topological polar surface area (TPSA) is 84.6 Å². The number of furan rings is 3. The van der Waals surface area contributed by atoms with E-state index in [-0.39, 0.29) is 0 Å². The van der Waals surface area contributed by atoms with Crippen molar-refractivity contribution in [2.24, 2.45) is 0 Å². The highest BCUT2D eigenvalue weighted by molar-refractivity contribution is 6.17. The standard InChI is InChI=1S/C61H35N5O3/c1-3-15-40-36(13-1)31-51(44-19-7-5-17-42(40)44)65(38-25-27-48-46-21-9-11-23-53(46)67-55(48)33-38)58-30-29-50-60-57(69-61(50)62-58)35-59(63-64-60)66(39-26-28-49-47-22-10-12-24-54(47)68-56(49)34-39)52-32-37-14-2-4-16-41(37)43-18-6-8-20-45(43)52/h1-35H. The van der Waals surface area contributed by atoms with Crippen LogP contribution in [0.3, 0.4) is 0 Å². The first-order valence-corrected chi connectivity index (χ1v) is 23.0. The molecular weight excluding hydrogens is 851 g/mol.